The quantitative estimate of drug-likeness (QED) is 0.895. The Morgan fingerprint density at radius 1 is 1.30 bits per heavy atom. The lowest BCUT2D eigenvalue weighted by Gasteiger charge is -2.19. The molecule has 0 bridgehead atoms. The van der Waals surface area contributed by atoms with Crippen LogP contribution in [0.25, 0.3) is 0 Å². The Bertz CT molecular complexity index is 427. The first-order valence-corrected chi connectivity index (χ1v) is 6.93. The maximum Gasteiger partial charge on any atom is 0.317 e. The molecule has 1 aromatic rings. The molecule has 1 heterocycles. The van der Waals surface area contributed by atoms with Crippen LogP contribution in [-0.2, 0) is 16.0 Å². The molecule has 1 N–H and O–H groups in total. The maximum atomic E-state index is 11.9. The zero-order chi connectivity index (χ0) is 14.4. The number of ether oxygens (including phenoxy) is 2. The molecule has 5 nitrogen and oxygen atoms in total. The molecular formula is C15H22N2O3. The fourth-order valence-electron chi connectivity index (χ4n) is 1.99. The summed E-state index contributed by atoms with van der Waals surface area (Å²) in [5.41, 5.74) is 2.31. The van der Waals surface area contributed by atoms with Crippen LogP contribution in [0.5, 0.6) is 0 Å². The lowest BCUT2D eigenvalue weighted by atomic mass is 10.1. The topological polar surface area (TPSA) is 50.8 Å². The second kappa shape index (κ2) is 7.26. The number of aryl methyl sites for hydroxylation is 1. The van der Waals surface area contributed by atoms with E-state index < -0.39 is 0 Å². The van der Waals surface area contributed by atoms with Crippen LogP contribution < -0.4 is 5.32 Å². The number of rotatable bonds is 5. The summed E-state index contributed by atoms with van der Waals surface area (Å²) in [6.45, 7) is 4.50. The van der Waals surface area contributed by atoms with Gasteiger partial charge in [-0.3, -0.25) is 0 Å². The van der Waals surface area contributed by atoms with Gasteiger partial charge in [0.05, 0.1) is 13.2 Å². The van der Waals surface area contributed by atoms with Gasteiger partial charge in [0, 0.05) is 26.6 Å². The van der Waals surface area contributed by atoms with Crippen LogP contribution in [0.2, 0.25) is 0 Å². The molecule has 0 saturated carbocycles. The molecule has 1 saturated heterocycles. The van der Waals surface area contributed by atoms with Crippen LogP contribution >= 0.6 is 0 Å². The van der Waals surface area contributed by atoms with Gasteiger partial charge in [0.1, 0.15) is 0 Å². The normalized spacial score (nSPS) is 15.3. The Balaban J connectivity index is 1.69. The predicted octanol–water partition coefficient (Wildman–Crippen LogP) is 1.90. The van der Waals surface area contributed by atoms with Gasteiger partial charge < -0.3 is 19.7 Å². The van der Waals surface area contributed by atoms with Crippen LogP contribution in [0.4, 0.5) is 4.79 Å². The molecule has 2 rings (SSSR count). The van der Waals surface area contributed by atoms with E-state index in [1.54, 1.807) is 11.9 Å². The van der Waals surface area contributed by atoms with Crippen LogP contribution in [0.1, 0.15) is 17.5 Å². The largest absolute Gasteiger partial charge is 0.350 e. The van der Waals surface area contributed by atoms with Gasteiger partial charge in [-0.15, -0.1) is 0 Å². The molecule has 1 aromatic carbocycles. The number of carbonyl (C=O) groups excluding carboxylic acids is 1. The fraction of sp³-hybridized carbons (Fsp3) is 0.533. The summed E-state index contributed by atoms with van der Waals surface area (Å²) in [6, 6.07) is 8.05. The summed E-state index contributed by atoms with van der Waals surface area (Å²) < 4.78 is 10.7. The Labute approximate surface area is 119 Å². The van der Waals surface area contributed by atoms with E-state index in [1.807, 2.05) is 31.2 Å². The van der Waals surface area contributed by atoms with Crippen LogP contribution in [-0.4, -0.2) is 44.0 Å². The lowest BCUT2D eigenvalue weighted by molar-refractivity contribution is -0.0490. The Morgan fingerprint density at radius 2 is 1.95 bits per heavy atom. The first-order chi connectivity index (χ1) is 9.65. The molecule has 1 aliphatic heterocycles. The first-order valence-electron chi connectivity index (χ1n) is 6.93. The van der Waals surface area contributed by atoms with E-state index in [4.69, 9.17) is 9.47 Å². The van der Waals surface area contributed by atoms with Crippen LogP contribution in [0.15, 0.2) is 24.3 Å². The summed E-state index contributed by atoms with van der Waals surface area (Å²) in [7, 11) is 1.78. The molecule has 2 amide bonds. The van der Waals surface area contributed by atoms with Gasteiger partial charge in [0.25, 0.3) is 0 Å². The van der Waals surface area contributed by atoms with Gasteiger partial charge in [-0.2, -0.15) is 0 Å². The molecule has 0 spiro atoms. The molecule has 1 aliphatic rings. The fourth-order valence-corrected chi connectivity index (χ4v) is 1.99. The highest BCUT2D eigenvalue weighted by Crippen LogP contribution is 2.08. The number of benzene rings is 1. The maximum absolute atomic E-state index is 11.9. The van der Waals surface area contributed by atoms with Crippen molar-refractivity contribution in [1.82, 2.24) is 10.2 Å². The smallest absolute Gasteiger partial charge is 0.317 e. The molecule has 20 heavy (non-hydrogen) atoms. The predicted molar refractivity (Wildman–Crippen MR) is 76.4 cm³/mol. The highest BCUT2D eigenvalue weighted by atomic mass is 16.7. The zero-order valence-electron chi connectivity index (χ0n) is 12.1. The number of hydrogen-bond acceptors (Lipinski definition) is 3. The van der Waals surface area contributed by atoms with E-state index in [9.17, 15) is 4.79 Å². The molecule has 0 atom stereocenters. The van der Waals surface area contributed by atoms with E-state index in [1.165, 1.54) is 5.56 Å². The van der Waals surface area contributed by atoms with Gasteiger partial charge in [-0.1, -0.05) is 29.8 Å². The van der Waals surface area contributed by atoms with Gasteiger partial charge in [-0.05, 0) is 12.5 Å². The van der Waals surface area contributed by atoms with Crippen molar-refractivity contribution in [3.05, 3.63) is 35.4 Å². The summed E-state index contributed by atoms with van der Waals surface area (Å²) in [6.07, 6.45) is 0.538. The number of nitrogens with one attached hydrogen (secondary N) is 1. The van der Waals surface area contributed by atoms with E-state index in [0.29, 0.717) is 32.7 Å². The van der Waals surface area contributed by atoms with E-state index in [-0.39, 0.29) is 12.3 Å². The molecular weight excluding hydrogens is 256 g/mol. The van der Waals surface area contributed by atoms with Crippen molar-refractivity contribution in [3.63, 3.8) is 0 Å². The summed E-state index contributed by atoms with van der Waals surface area (Å²) >= 11 is 0. The molecule has 5 heteroatoms. The number of hydrogen-bond donors (Lipinski definition) is 1. The minimum Gasteiger partial charge on any atom is -0.350 e. The Hall–Kier alpha value is -1.59. The van der Waals surface area contributed by atoms with E-state index >= 15 is 0 Å². The Morgan fingerprint density at radius 3 is 2.60 bits per heavy atom. The monoisotopic (exact) mass is 278 g/mol. The van der Waals surface area contributed by atoms with Crippen molar-refractivity contribution in [2.75, 3.05) is 26.8 Å². The van der Waals surface area contributed by atoms with Crippen LogP contribution in [0.3, 0.4) is 0 Å². The van der Waals surface area contributed by atoms with E-state index in [0.717, 1.165) is 5.56 Å². The molecule has 0 unspecified atom stereocenters. The Kier molecular flexibility index (Phi) is 5.38. The highest BCUT2D eigenvalue weighted by molar-refractivity contribution is 5.73. The zero-order valence-corrected chi connectivity index (χ0v) is 12.1. The molecule has 110 valence electrons. The average Bonchev–Trinajstić information content (AvgIpc) is 2.97. The van der Waals surface area contributed by atoms with Crippen molar-refractivity contribution in [1.29, 1.82) is 0 Å². The van der Waals surface area contributed by atoms with Gasteiger partial charge in [0.2, 0.25) is 0 Å². The van der Waals surface area contributed by atoms with Gasteiger partial charge >= 0.3 is 6.03 Å². The third-order valence-corrected chi connectivity index (χ3v) is 3.30. The molecule has 0 aromatic heterocycles. The summed E-state index contributed by atoms with van der Waals surface area (Å²) in [5, 5.41) is 2.90. The van der Waals surface area contributed by atoms with Crippen molar-refractivity contribution < 1.29 is 14.3 Å². The van der Waals surface area contributed by atoms with Gasteiger partial charge in [0.15, 0.2) is 6.29 Å². The molecule has 0 radical (unpaired) electrons. The van der Waals surface area contributed by atoms with E-state index in [2.05, 4.69) is 5.32 Å². The lowest BCUT2D eigenvalue weighted by Crippen LogP contribution is -2.38. The first kappa shape index (κ1) is 14.8. The standard InChI is InChI=1S/C15H22N2O3/c1-12-3-5-13(6-4-12)11-16-15(18)17(2)8-7-14-19-9-10-20-14/h3-6,14H,7-11H2,1-2H3,(H,16,18). The number of nitrogens with zero attached hydrogens (tertiary/aromatic N) is 1. The number of carbonyl (C=O) groups is 1. The summed E-state index contributed by atoms with van der Waals surface area (Å²) in [5.74, 6) is 0. The number of amides is 2. The summed E-state index contributed by atoms with van der Waals surface area (Å²) in [4.78, 5) is 13.6. The van der Waals surface area contributed by atoms with Crippen LogP contribution in [0, 0.1) is 6.92 Å². The highest BCUT2D eigenvalue weighted by Gasteiger charge is 2.17. The second-order valence-corrected chi connectivity index (χ2v) is 5.03. The second-order valence-electron chi connectivity index (χ2n) is 5.03. The minimum atomic E-state index is -0.164. The molecule has 0 aliphatic carbocycles. The van der Waals surface area contributed by atoms with Crippen molar-refractivity contribution >= 4 is 6.03 Å². The number of urea groups is 1. The van der Waals surface area contributed by atoms with Crippen molar-refractivity contribution in [2.45, 2.75) is 26.2 Å². The van der Waals surface area contributed by atoms with Crippen molar-refractivity contribution in [3.8, 4) is 0 Å². The van der Waals surface area contributed by atoms with Crippen molar-refractivity contribution in [2.24, 2.45) is 0 Å². The third-order valence-electron chi connectivity index (χ3n) is 3.30. The SMILES string of the molecule is Cc1ccc(CNC(=O)N(C)CCC2OCCO2)cc1. The van der Waals surface area contributed by atoms with Gasteiger partial charge in [-0.25, -0.2) is 4.79 Å². The minimum absolute atomic E-state index is 0.0800. The third kappa shape index (κ3) is 4.51. The average molecular weight is 278 g/mol. The molecule has 1 fully saturated rings.